The summed E-state index contributed by atoms with van der Waals surface area (Å²) < 4.78 is 0. The zero-order valence-corrected chi connectivity index (χ0v) is 12.2. The lowest BCUT2D eigenvalue weighted by molar-refractivity contribution is -0.116. The minimum atomic E-state index is 0. The second kappa shape index (κ2) is 9.44. The maximum absolute atomic E-state index is 11.7. The van der Waals surface area contributed by atoms with Crippen LogP contribution in [0.5, 0.6) is 0 Å². The van der Waals surface area contributed by atoms with Gasteiger partial charge in [0.15, 0.2) is 0 Å². The molecule has 0 aromatic carbocycles. The molecule has 0 radical (unpaired) electrons. The van der Waals surface area contributed by atoms with Gasteiger partial charge >= 0.3 is 0 Å². The first-order valence-electron chi connectivity index (χ1n) is 5.35. The van der Waals surface area contributed by atoms with Crippen LogP contribution < -0.4 is 10.6 Å². The molecule has 0 aliphatic carbocycles. The zero-order valence-electron chi connectivity index (χ0n) is 9.80. The Morgan fingerprint density at radius 2 is 2.17 bits per heavy atom. The van der Waals surface area contributed by atoms with Crippen molar-refractivity contribution in [2.24, 2.45) is 0 Å². The Hall–Kier alpha value is -0.490. The van der Waals surface area contributed by atoms with E-state index in [1.807, 2.05) is 11.8 Å². The molecule has 1 atom stereocenters. The van der Waals surface area contributed by atoms with Crippen LogP contribution >= 0.6 is 36.6 Å². The molecule has 0 bridgehead atoms. The first-order valence-corrected chi connectivity index (χ1v) is 6.51. The Kier molecular flexibility index (Phi) is 9.18. The van der Waals surface area contributed by atoms with E-state index in [1.54, 1.807) is 24.5 Å². The Morgan fingerprint density at radius 1 is 1.44 bits per heavy atom. The maximum atomic E-state index is 11.7. The number of anilines is 1. The summed E-state index contributed by atoms with van der Waals surface area (Å²) in [5, 5.41) is 6.20. The molecule has 1 aromatic heterocycles. The van der Waals surface area contributed by atoms with Gasteiger partial charge in [-0.15, -0.1) is 24.8 Å². The molecular formula is C11H17Cl2N3OS. The summed E-state index contributed by atoms with van der Waals surface area (Å²) in [6, 6.07) is 3.89. The number of nitrogens with zero attached hydrogens (tertiary/aromatic N) is 1. The van der Waals surface area contributed by atoms with Crippen molar-refractivity contribution in [1.82, 2.24) is 10.3 Å². The van der Waals surface area contributed by atoms with Gasteiger partial charge in [-0.2, -0.15) is 11.8 Å². The molecule has 1 saturated heterocycles. The van der Waals surface area contributed by atoms with Gasteiger partial charge in [-0.1, -0.05) is 0 Å². The van der Waals surface area contributed by atoms with E-state index in [1.165, 1.54) is 0 Å². The van der Waals surface area contributed by atoms with Crippen LogP contribution in [0.1, 0.15) is 6.42 Å². The molecule has 18 heavy (non-hydrogen) atoms. The van der Waals surface area contributed by atoms with E-state index in [9.17, 15) is 4.79 Å². The van der Waals surface area contributed by atoms with Crippen molar-refractivity contribution in [2.45, 2.75) is 12.5 Å². The number of amides is 1. The summed E-state index contributed by atoms with van der Waals surface area (Å²) in [6.45, 7) is 0.998. The third-order valence-corrected chi connectivity index (χ3v) is 3.53. The van der Waals surface area contributed by atoms with Gasteiger partial charge in [0.2, 0.25) is 5.91 Å². The highest BCUT2D eigenvalue weighted by Gasteiger charge is 2.16. The van der Waals surface area contributed by atoms with Crippen molar-refractivity contribution in [3.63, 3.8) is 0 Å². The molecule has 0 saturated carbocycles. The highest BCUT2D eigenvalue weighted by molar-refractivity contribution is 7.99. The Labute approximate surface area is 124 Å². The van der Waals surface area contributed by atoms with Crippen molar-refractivity contribution in [3.8, 4) is 0 Å². The summed E-state index contributed by atoms with van der Waals surface area (Å²) in [5.41, 5.74) is 0.809. The van der Waals surface area contributed by atoms with Gasteiger partial charge in [0.1, 0.15) is 0 Å². The molecule has 1 aromatic rings. The number of carbonyl (C=O) groups excluding carboxylic acids is 1. The van der Waals surface area contributed by atoms with E-state index in [4.69, 9.17) is 0 Å². The van der Waals surface area contributed by atoms with E-state index in [2.05, 4.69) is 15.6 Å². The number of pyridine rings is 1. The monoisotopic (exact) mass is 309 g/mol. The molecule has 0 spiro atoms. The predicted molar refractivity (Wildman–Crippen MR) is 81.1 cm³/mol. The lowest BCUT2D eigenvalue weighted by Crippen LogP contribution is -2.39. The zero-order chi connectivity index (χ0) is 11.2. The van der Waals surface area contributed by atoms with E-state index < -0.39 is 0 Å². The lowest BCUT2D eigenvalue weighted by Gasteiger charge is -2.22. The smallest absolute Gasteiger partial charge is 0.225 e. The summed E-state index contributed by atoms with van der Waals surface area (Å²) >= 11 is 1.90. The second-order valence-electron chi connectivity index (χ2n) is 3.71. The van der Waals surface area contributed by atoms with Crippen LogP contribution in [0.3, 0.4) is 0 Å². The SMILES string of the molecule is Cl.Cl.O=C(CC1CSCCN1)Nc1ccncc1. The molecular weight excluding hydrogens is 293 g/mol. The molecule has 1 amide bonds. The Morgan fingerprint density at radius 3 is 2.78 bits per heavy atom. The highest BCUT2D eigenvalue weighted by atomic mass is 35.5. The standard InChI is InChI=1S/C11H15N3OS.2ClH/c15-11(7-10-8-16-6-5-13-10)14-9-1-3-12-4-2-9;;/h1-4,10,13H,5-8H2,(H,12,14,15);2*1H. The number of halogens is 2. The molecule has 1 aliphatic heterocycles. The lowest BCUT2D eigenvalue weighted by atomic mass is 10.2. The Bertz CT molecular complexity index is 347. The minimum Gasteiger partial charge on any atom is -0.326 e. The predicted octanol–water partition coefficient (Wildman–Crippen LogP) is 1.96. The van der Waals surface area contributed by atoms with Crippen LogP contribution in [0.4, 0.5) is 5.69 Å². The van der Waals surface area contributed by atoms with Crippen LogP contribution in [-0.2, 0) is 4.79 Å². The van der Waals surface area contributed by atoms with Crippen molar-refractivity contribution in [2.75, 3.05) is 23.4 Å². The number of aromatic nitrogens is 1. The van der Waals surface area contributed by atoms with Gasteiger partial charge in [0, 0.05) is 48.6 Å². The van der Waals surface area contributed by atoms with Gasteiger partial charge in [0.05, 0.1) is 0 Å². The van der Waals surface area contributed by atoms with Crippen LogP contribution in [0, 0.1) is 0 Å². The van der Waals surface area contributed by atoms with Crippen LogP contribution in [-0.4, -0.2) is 35.0 Å². The number of thioether (sulfide) groups is 1. The fourth-order valence-corrected chi connectivity index (χ4v) is 2.57. The van der Waals surface area contributed by atoms with Crippen molar-refractivity contribution in [1.29, 1.82) is 0 Å². The summed E-state index contributed by atoms with van der Waals surface area (Å²) in [7, 11) is 0. The Balaban J connectivity index is 0.00000144. The largest absolute Gasteiger partial charge is 0.326 e. The fraction of sp³-hybridized carbons (Fsp3) is 0.455. The molecule has 2 heterocycles. The number of nitrogens with one attached hydrogen (secondary N) is 2. The van der Waals surface area contributed by atoms with Crippen molar-refractivity contribution in [3.05, 3.63) is 24.5 Å². The summed E-state index contributed by atoms with van der Waals surface area (Å²) in [4.78, 5) is 15.6. The number of rotatable bonds is 3. The van der Waals surface area contributed by atoms with Gasteiger partial charge < -0.3 is 10.6 Å². The minimum absolute atomic E-state index is 0. The second-order valence-corrected chi connectivity index (χ2v) is 4.86. The van der Waals surface area contributed by atoms with E-state index >= 15 is 0 Å². The van der Waals surface area contributed by atoms with E-state index in [0.29, 0.717) is 12.5 Å². The summed E-state index contributed by atoms with van der Waals surface area (Å²) in [5.74, 6) is 2.22. The van der Waals surface area contributed by atoms with Crippen molar-refractivity contribution >= 4 is 48.2 Å². The molecule has 1 unspecified atom stereocenters. The van der Waals surface area contributed by atoms with E-state index in [-0.39, 0.29) is 30.7 Å². The molecule has 1 fully saturated rings. The van der Waals surface area contributed by atoms with Gasteiger partial charge in [0.25, 0.3) is 0 Å². The molecule has 2 N–H and O–H groups in total. The third-order valence-electron chi connectivity index (χ3n) is 2.39. The van der Waals surface area contributed by atoms with Crippen molar-refractivity contribution < 1.29 is 4.79 Å². The molecule has 4 nitrogen and oxygen atoms in total. The highest BCUT2D eigenvalue weighted by Crippen LogP contribution is 2.11. The number of hydrogen-bond acceptors (Lipinski definition) is 4. The van der Waals surface area contributed by atoms with E-state index in [0.717, 1.165) is 23.7 Å². The average molecular weight is 310 g/mol. The quantitative estimate of drug-likeness (QED) is 0.896. The average Bonchev–Trinajstić information content (AvgIpc) is 2.31. The fourth-order valence-electron chi connectivity index (χ4n) is 1.62. The third kappa shape index (κ3) is 5.91. The molecule has 102 valence electrons. The first-order chi connectivity index (χ1) is 7.84. The molecule has 2 rings (SSSR count). The van der Waals surface area contributed by atoms with Crippen LogP contribution in [0.25, 0.3) is 0 Å². The normalized spacial score (nSPS) is 18.1. The maximum Gasteiger partial charge on any atom is 0.225 e. The number of hydrogen-bond donors (Lipinski definition) is 2. The van der Waals surface area contributed by atoms with Crippen LogP contribution in [0.2, 0.25) is 0 Å². The number of carbonyl (C=O) groups is 1. The first kappa shape index (κ1) is 17.5. The van der Waals surface area contributed by atoms with Gasteiger partial charge in [-0.25, -0.2) is 0 Å². The molecule has 1 aliphatic rings. The van der Waals surface area contributed by atoms with Crippen LogP contribution in [0.15, 0.2) is 24.5 Å². The van der Waals surface area contributed by atoms with Gasteiger partial charge in [-0.05, 0) is 12.1 Å². The molecule has 7 heteroatoms. The summed E-state index contributed by atoms with van der Waals surface area (Å²) in [6.07, 6.45) is 3.88. The topological polar surface area (TPSA) is 54.0 Å². The van der Waals surface area contributed by atoms with Gasteiger partial charge in [-0.3, -0.25) is 9.78 Å².